The summed E-state index contributed by atoms with van der Waals surface area (Å²) in [6.45, 7) is 9.74. The number of non-ortho nitro benzene ring substituents is 1. The molecule has 8 heteroatoms. The van der Waals surface area contributed by atoms with Crippen molar-refractivity contribution in [1.29, 1.82) is 0 Å². The maximum Gasteiger partial charge on any atom is 0.270 e. The van der Waals surface area contributed by atoms with Crippen LogP contribution in [0, 0.1) is 15.5 Å². The predicted octanol–water partition coefficient (Wildman–Crippen LogP) is 1.58. The van der Waals surface area contributed by atoms with E-state index in [4.69, 9.17) is 8.85 Å². The van der Waals surface area contributed by atoms with Crippen LogP contribution in [0.2, 0.25) is 13.1 Å². The molecule has 6 nitrogen and oxygen atoms in total. The third-order valence-corrected chi connectivity index (χ3v) is 4.82. The summed E-state index contributed by atoms with van der Waals surface area (Å²) in [5.41, 5.74) is 0.654. The molecule has 1 rings (SSSR count). The van der Waals surface area contributed by atoms with Gasteiger partial charge in [-0.25, -0.2) is 0 Å². The van der Waals surface area contributed by atoms with Crippen LogP contribution in [-0.4, -0.2) is 29.6 Å². The van der Waals surface area contributed by atoms with Crippen LogP contribution in [0.15, 0.2) is 18.2 Å². The molecule has 22 heavy (non-hydrogen) atoms. The molecule has 1 N–H and O–H groups in total. The highest BCUT2D eigenvalue weighted by atomic mass is 28.2. The quantitative estimate of drug-likeness (QED) is 0.352. The Morgan fingerprint density at radius 1 is 1.18 bits per heavy atom. The zero-order valence-electron chi connectivity index (χ0n) is 13.9. The second kappa shape index (κ2) is 7.47. The molecule has 0 saturated heterocycles. The van der Waals surface area contributed by atoms with E-state index in [1.165, 1.54) is 12.1 Å². The number of rotatable bonds is 7. The number of nitro groups is 1. The first kappa shape index (κ1) is 19.0. The minimum atomic E-state index is -0.995. The molecule has 0 radical (unpaired) electrons. The fraction of sp³-hybridized carbons (Fsp3) is 0.571. The number of aliphatic hydroxyl groups is 1. The Bertz CT molecular complexity index is 524. The van der Waals surface area contributed by atoms with Crippen LogP contribution < -0.4 is 0 Å². The van der Waals surface area contributed by atoms with Crippen LogP contribution in [0.1, 0.15) is 31.9 Å². The highest BCUT2D eigenvalue weighted by Gasteiger charge is 2.45. The van der Waals surface area contributed by atoms with Crippen LogP contribution in [0.3, 0.4) is 0 Å². The number of nitrogens with zero attached hydrogens (tertiary/aromatic N) is 1. The van der Waals surface area contributed by atoms with Gasteiger partial charge < -0.3 is 14.0 Å². The largest absolute Gasteiger partial charge is 0.394 e. The molecule has 0 unspecified atom stereocenters. The number of nitro benzene ring substituents is 1. The summed E-state index contributed by atoms with van der Waals surface area (Å²) in [5.74, 6) is -0.995. The molecule has 0 amide bonds. The lowest BCUT2D eigenvalue weighted by molar-refractivity contribution is -0.385. The van der Waals surface area contributed by atoms with Gasteiger partial charge in [0.15, 0.2) is 25.3 Å². The second-order valence-electron chi connectivity index (χ2n) is 6.04. The zero-order chi connectivity index (χ0) is 17.0. The lowest BCUT2D eigenvalue weighted by Crippen LogP contribution is -2.46. The van der Waals surface area contributed by atoms with E-state index in [2.05, 4.69) is 0 Å². The summed E-state index contributed by atoms with van der Waals surface area (Å²) < 4.78 is 12.2. The highest BCUT2D eigenvalue weighted by Crippen LogP contribution is 2.44. The van der Waals surface area contributed by atoms with E-state index in [1.807, 2.05) is 33.9 Å². The molecule has 0 aliphatic carbocycles. The van der Waals surface area contributed by atoms with Crippen molar-refractivity contribution in [2.45, 2.75) is 46.3 Å². The Morgan fingerprint density at radius 3 is 2.09 bits per heavy atom. The van der Waals surface area contributed by atoms with Crippen LogP contribution in [0.4, 0.5) is 5.69 Å². The maximum absolute atomic E-state index is 11.2. The molecule has 0 atom stereocenters. The lowest BCUT2D eigenvalue weighted by atomic mass is 9.80. The maximum atomic E-state index is 11.2. The van der Waals surface area contributed by atoms with Gasteiger partial charge in [0.05, 0.1) is 11.5 Å². The van der Waals surface area contributed by atoms with Crippen molar-refractivity contribution in [3.8, 4) is 0 Å². The molecule has 1 aromatic carbocycles. The Kier molecular flexibility index (Phi) is 6.44. The molecule has 0 aliphatic rings. The zero-order valence-corrected chi connectivity index (χ0v) is 16.7. The predicted molar refractivity (Wildman–Crippen MR) is 91.1 cm³/mol. The van der Waals surface area contributed by atoms with Gasteiger partial charge in [0.1, 0.15) is 0 Å². The van der Waals surface area contributed by atoms with Crippen molar-refractivity contribution in [2.75, 3.05) is 0 Å². The third kappa shape index (κ3) is 3.82. The summed E-state index contributed by atoms with van der Waals surface area (Å²) in [4.78, 5) is 10.7. The Hall–Kier alpha value is -1.07. The van der Waals surface area contributed by atoms with Crippen molar-refractivity contribution in [2.24, 2.45) is 5.41 Å². The summed E-state index contributed by atoms with van der Waals surface area (Å²) >= 11 is 0. The fourth-order valence-corrected chi connectivity index (χ4v) is 4.89. The van der Waals surface area contributed by atoms with Crippen molar-refractivity contribution >= 4 is 25.2 Å². The Balaban J connectivity index is 3.59. The van der Waals surface area contributed by atoms with Gasteiger partial charge >= 0.3 is 0 Å². The minimum Gasteiger partial charge on any atom is -0.394 e. The van der Waals surface area contributed by atoms with Crippen molar-refractivity contribution in [3.63, 3.8) is 0 Å². The third-order valence-electron chi connectivity index (χ3n) is 3.43. The van der Waals surface area contributed by atoms with Crippen molar-refractivity contribution in [1.82, 2.24) is 0 Å². The lowest BCUT2D eigenvalue weighted by Gasteiger charge is -2.45. The smallest absolute Gasteiger partial charge is 0.270 e. The van der Waals surface area contributed by atoms with E-state index >= 15 is 0 Å². The van der Waals surface area contributed by atoms with Gasteiger partial charge in [0.2, 0.25) is 0 Å². The van der Waals surface area contributed by atoms with Crippen LogP contribution in [0.25, 0.3) is 0 Å². The standard InChI is InChI=1S/C14H25NO5Si2/c1-13(2,3)14(19-21-4,20-22-5)11-6-10(9-16)7-12(8-11)15(17)18/h6-8,16H,9,21-22H2,1-5H3. The van der Waals surface area contributed by atoms with E-state index in [0.717, 1.165) is 0 Å². The van der Waals surface area contributed by atoms with E-state index in [0.29, 0.717) is 11.1 Å². The molecular formula is C14H25NO5Si2. The molecule has 0 spiro atoms. The van der Waals surface area contributed by atoms with Crippen LogP contribution in [0.5, 0.6) is 0 Å². The fourth-order valence-electron chi connectivity index (χ4n) is 2.54. The SMILES string of the molecule is C[SiH2]OC(O[SiH2]C)(c1cc(CO)cc([N+](=O)[O-])c1)C(C)(C)C. The summed E-state index contributed by atoms with van der Waals surface area (Å²) in [7, 11) is -1.64. The van der Waals surface area contributed by atoms with E-state index in [9.17, 15) is 15.2 Å². The monoisotopic (exact) mass is 343 g/mol. The van der Waals surface area contributed by atoms with Crippen molar-refractivity contribution in [3.05, 3.63) is 39.4 Å². The number of benzene rings is 1. The van der Waals surface area contributed by atoms with Crippen LogP contribution >= 0.6 is 0 Å². The first-order valence-electron chi connectivity index (χ1n) is 7.39. The summed E-state index contributed by atoms with van der Waals surface area (Å²) in [5, 5.41) is 20.6. The first-order valence-corrected chi connectivity index (χ1v) is 11.4. The molecule has 0 aromatic heterocycles. The summed E-state index contributed by atoms with van der Waals surface area (Å²) in [6.07, 6.45) is 0. The van der Waals surface area contributed by atoms with Gasteiger partial charge in [-0.2, -0.15) is 0 Å². The van der Waals surface area contributed by atoms with Gasteiger partial charge in [0, 0.05) is 23.1 Å². The molecule has 124 valence electrons. The average Bonchev–Trinajstić information content (AvgIpc) is 2.45. The molecule has 0 bridgehead atoms. The first-order chi connectivity index (χ1) is 10.2. The van der Waals surface area contributed by atoms with Gasteiger partial charge in [0.25, 0.3) is 5.69 Å². The van der Waals surface area contributed by atoms with Gasteiger partial charge in [-0.3, -0.25) is 10.1 Å². The van der Waals surface area contributed by atoms with Gasteiger partial charge in [-0.05, 0) is 11.6 Å². The molecule has 0 heterocycles. The second-order valence-corrected chi connectivity index (χ2v) is 7.77. The Morgan fingerprint density at radius 2 is 1.73 bits per heavy atom. The topological polar surface area (TPSA) is 81.8 Å². The van der Waals surface area contributed by atoms with Gasteiger partial charge in [-0.1, -0.05) is 33.9 Å². The average molecular weight is 344 g/mol. The molecule has 0 saturated carbocycles. The van der Waals surface area contributed by atoms with E-state index < -0.39 is 30.2 Å². The van der Waals surface area contributed by atoms with Crippen molar-refractivity contribution < 1.29 is 18.9 Å². The van der Waals surface area contributed by atoms with Crippen LogP contribution in [-0.2, 0) is 21.2 Å². The normalized spacial score (nSPS) is 15.7. The number of aliphatic hydroxyl groups excluding tert-OH is 1. The minimum absolute atomic E-state index is 0.0575. The van der Waals surface area contributed by atoms with E-state index in [-0.39, 0.29) is 17.7 Å². The molecule has 0 aliphatic heterocycles. The molecular weight excluding hydrogens is 318 g/mol. The highest BCUT2D eigenvalue weighted by molar-refractivity contribution is 6.26. The number of hydrogen-bond acceptors (Lipinski definition) is 5. The molecule has 0 fully saturated rings. The number of hydrogen-bond donors (Lipinski definition) is 1. The van der Waals surface area contributed by atoms with E-state index in [1.54, 1.807) is 6.07 Å². The Labute approximate surface area is 135 Å². The van der Waals surface area contributed by atoms with Gasteiger partial charge in [-0.15, -0.1) is 0 Å². The molecule has 1 aromatic rings. The summed E-state index contributed by atoms with van der Waals surface area (Å²) in [6, 6.07) is 4.62.